The number of aryl methyl sites for hydroxylation is 2. The molecule has 0 aromatic heterocycles. The van der Waals surface area contributed by atoms with Crippen LogP contribution in [0.1, 0.15) is 50.7 Å². The second-order valence-corrected chi connectivity index (χ2v) is 7.39. The van der Waals surface area contributed by atoms with Gasteiger partial charge in [0.15, 0.2) is 0 Å². The SMILES string of the molecule is CCc1ccc(OC(=O)[C@H]2CC[C@H](C(=O)Oc3ccc(CC)cc3)CC2)cc1. The number of carbonyl (C=O) groups excluding carboxylic acids is 2. The normalized spacial score (nSPS) is 19.1. The maximum absolute atomic E-state index is 12.4. The molecule has 4 heteroatoms. The van der Waals surface area contributed by atoms with Gasteiger partial charge in [-0.25, -0.2) is 0 Å². The van der Waals surface area contributed by atoms with Gasteiger partial charge in [-0.3, -0.25) is 9.59 Å². The summed E-state index contributed by atoms with van der Waals surface area (Å²) in [5, 5.41) is 0. The van der Waals surface area contributed by atoms with Crippen molar-refractivity contribution in [2.24, 2.45) is 11.8 Å². The molecule has 2 aromatic carbocycles. The molecule has 148 valence electrons. The summed E-state index contributed by atoms with van der Waals surface area (Å²) in [6.45, 7) is 4.18. The molecule has 1 saturated carbocycles. The van der Waals surface area contributed by atoms with Gasteiger partial charge in [-0.2, -0.15) is 0 Å². The highest BCUT2D eigenvalue weighted by atomic mass is 16.5. The van der Waals surface area contributed by atoms with Crippen LogP contribution in [0.3, 0.4) is 0 Å². The Morgan fingerprint density at radius 2 is 1.00 bits per heavy atom. The topological polar surface area (TPSA) is 52.6 Å². The first-order valence-electron chi connectivity index (χ1n) is 10.2. The van der Waals surface area contributed by atoms with Crippen LogP contribution in [0, 0.1) is 11.8 Å². The van der Waals surface area contributed by atoms with E-state index in [1.807, 2.05) is 48.5 Å². The van der Waals surface area contributed by atoms with E-state index in [0.717, 1.165) is 12.8 Å². The summed E-state index contributed by atoms with van der Waals surface area (Å²) >= 11 is 0. The van der Waals surface area contributed by atoms with Gasteiger partial charge in [-0.05, 0) is 73.9 Å². The van der Waals surface area contributed by atoms with Crippen molar-refractivity contribution >= 4 is 11.9 Å². The summed E-state index contributed by atoms with van der Waals surface area (Å²) in [4.78, 5) is 24.8. The number of benzene rings is 2. The van der Waals surface area contributed by atoms with Crippen LogP contribution in [0.25, 0.3) is 0 Å². The van der Waals surface area contributed by atoms with Crippen molar-refractivity contribution < 1.29 is 19.1 Å². The molecule has 0 heterocycles. The average molecular weight is 380 g/mol. The van der Waals surface area contributed by atoms with Gasteiger partial charge in [0.25, 0.3) is 0 Å². The number of carbonyl (C=O) groups is 2. The maximum atomic E-state index is 12.4. The second-order valence-electron chi connectivity index (χ2n) is 7.39. The lowest BCUT2D eigenvalue weighted by atomic mass is 9.82. The lowest BCUT2D eigenvalue weighted by Gasteiger charge is -2.25. The van der Waals surface area contributed by atoms with Crippen LogP contribution < -0.4 is 9.47 Å². The van der Waals surface area contributed by atoms with Crippen molar-refractivity contribution in [3.63, 3.8) is 0 Å². The number of hydrogen-bond donors (Lipinski definition) is 0. The van der Waals surface area contributed by atoms with Gasteiger partial charge in [0, 0.05) is 0 Å². The van der Waals surface area contributed by atoms with Crippen LogP contribution in [-0.2, 0) is 22.4 Å². The molecule has 28 heavy (non-hydrogen) atoms. The van der Waals surface area contributed by atoms with E-state index in [-0.39, 0.29) is 23.8 Å². The Balaban J connectivity index is 1.47. The predicted molar refractivity (Wildman–Crippen MR) is 108 cm³/mol. The highest BCUT2D eigenvalue weighted by molar-refractivity contribution is 5.77. The van der Waals surface area contributed by atoms with Crippen LogP contribution in [-0.4, -0.2) is 11.9 Å². The second kappa shape index (κ2) is 9.54. The van der Waals surface area contributed by atoms with Crippen LogP contribution in [0.5, 0.6) is 11.5 Å². The monoisotopic (exact) mass is 380 g/mol. The Labute approximate surface area is 166 Å². The summed E-state index contributed by atoms with van der Waals surface area (Å²) < 4.78 is 11.0. The van der Waals surface area contributed by atoms with Crippen LogP contribution >= 0.6 is 0 Å². The third-order valence-electron chi connectivity index (χ3n) is 5.49. The summed E-state index contributed by atoms with van der Waals surface area (Å²) in [6.07, 6.45) is 4.52. The molecule has 2 aromatic rings. The van der Waals surface area contributed by atoms with E-state index in [2.05, 4.69) is 13.8 Å². The van der Waals surface area contributed by atoms with E-state index in [9.17, 15) is 9.59 Å². The smallest absolute Gasteiger partial charge is 0.314 e. The molecule has 1 fully saturated rings. The zero-order valence-corrected chi connectivity index (χ0v) is 16.6. The van der Waals surface area contributed by atoms with Crippen LogP contribution in [0.15, 0.2) is 48.5 Å². The molecule has 3 rings (SSSR count). The van der Waals surface area contributed by atoms with Crippen LogP contribution in [0.2, 0.25) is 0 Å². The van der Waals surface area contributed by atoms with Gasteiger partial charge in [0.2, 0.25) is 0 Å². The quantitative estimate of drug-likeness (QED) is 0.515. The predicted octanol–water partition coefficient (Wildman–Crippen LogP) is 5.13. The zero-order chi connectivity index (χ0) is 19.9. The molecule has 1 aliphatic rings. The Morgan fingerprint density at radius 1 is 0.679 bits per heavy atom. The molecule has 0 amide bonds. The Morgan fingerprint density at radius 3 is 1.29 bits per heavy atom. The molecule has 0 unspecified atom stereocenters. The van der Waals surface area contributed by atoms with Crippen LogP contribution in [0.4, 0.5) is 0 Å². The van der Waals surface area contributed by atoms with Gasteiger partial charge in [0.1, 0.15) is 11.5 Å². The Hall–Kier alpha value is -2.62. The van der Waals surface area contributed by atoms with Crippen molar-refractivity contribution in [1.82, 2.24) is 0 Å². The average Bonchev–Trinajstić information content (AvgIpc) is 2.75. The minimum absolute atomic E-state index is 0.154. The lowest BCUT2D eigenvalue weighted by Crippen LogP contribution is -2.30. The molecule has 0 N–H and O–H groups in total. The summed E-state index contributed by atoms with van der Waals surface area (Å²) in [7, 11) is 0. The van der Waals surface area contributed by atoms with Crippen molar-refractivity contribution in [2.45, 2.75) is 52.4 Å². The number of rotatable bonds is 6. The molecular formula is C24H28O4. The van der Waals surface area contributed by atoms with Crippen molar-refractivity contribution in [1.29, 1.82) is 0 Å². The first-order chi connectivity index (χ1) is 13.6. The largest absolute Gasteiger partial charge is 0.426 e. The third-order valence-corrected chi connectivity index (χ3v) is 5.49. The van der Waals surface area contributed by atoms with Gasteiger partial charge in [0.05, 0.1) is 11.8 Å². The molecule has 1 aliphatic carbocycles. The summed E-state index contributed by atoms with van der Waals surface area (Å²) in [5.74, 6) is 0.452. The number of hydrogen-bond acceptors (Lipinski definition) is 4. The van der Waals surface area contributed by atoms with E-state index in [0.29, 0.717) is 37.2 Å². The Bertz CT molecular complexity index is 715. The fourth-order valence-electron chi connectivity index (χ4n) is 3.55. The van der Waals surface area contributed by atoms with E-state index >= 15 is 0 Å². The molecular weight excluding hydrogens is 352 g/mol. The standard InChI is InChI=1S/C24H28O4/c1-3-17-5-13-21(14-6-17)27-23(25)19-9-11-20(12-10-19)24(26)28-22-15-7-18(4-2)8-16-22/h5-8,13-16,19-20H,3-4,9-12H2,1-2H3/t19-,20-. The van der Waals surface area contributed by atoms with Gasteiger partial charge < -0.3 is 9.47 Å². The van der Waals surface area contributed by atoms with Gasteiger partial charge >= 0.3 is 11.9 Å². The van der Waals surface area contributed by atoms with E-state index in [1.165, 1.54) is 11.1 Å². The van der Waals surface area contributed by atoms with Gasteiger partial charge in [-0.1, -0.05) is 38.1 Å². The highest BCUT2D eigenvalue weighted by Crippen LogP contribution is 2.31. The molecule has 0 radical (unpaired) electrons. The minimum Gasteiger partial charge on any atom is -0.426 e. The maximum Gasteiger partial charge on any atom is 0.314 e. The first-order valence-corrected chi connectivity index (χ1v) is 10.2. The molecule has 4 nitrogen and oxygen atoms in total. The molecule has 0 bridgehead atoms. The van der Waals surface area contributed by atoms with Gasteiger partial charge in [-0.15, -0.1) is 0 Å². The fourth-order valence-corrected chi connectivity index (χ4v) is 3.55. The molecule has 0 saturated heterocycles. The minimum atomic E-state index is -0.203. The van der Waals surface area contributed by atoms with E-state index in [4.69, 9.17) is 9.47 Å². The Kier molecular flexibility index (Phi) is 6.85. The van der Waals surface area contributed by atoms with E-state index in [1.54, 1.807) is 0 Å². The lowest BCUT2D eigenvalue weighted by molar-refractivity contribution is -0.145. The third kappa shape index (κ3) is 5.22. The summed E-state index contributed by atoms with van der Waals surface area (Å²) in [5.41, 5.74) is 2.42. The highest BCUT2D eigenvalue weighted by Gasteiger charge is 2.32. The van der Waals surface area contributed by atoms with E-state index < -0.39 is 0 Å². The zero-order valence-electron chi connectivity index (χ0n) is 16.6. The molecule has 0 aliphatic heterocycles. The fraction of sp³-hybridized carbons (Fsp3) is 0.417. The number of esters is 2. The number of ether oxygens (including phenoxy) is 2. The first kappa shape index (κ1) is 20.1. The van der Waals surface area contributed by atoms with Crippen molar-refractivity contribution in [3.8, 4) is 11.5 Å². The molecule has 0 atom stereocenters. The molecule has 0 spiro atoms. The van der Waals surface area contributed by atoms with Crippen molar-refractivity contribution in [2.75, 3.05) is 0 Å². The summed E-state index contributed by atoms with van der Waals surface area (Å²) in [6, 6.07) is 15.2. The van der Waals surface area contributed by atoms with Crippen molar-refractivity contribution in [3.05, 3.63) is 59.7 Å².